The molecule has 118 valence electrons. The first-order valence-corrected chi connectivity index (χ1v) is 7.83. The molecule has 2 rings (SSSR count). The summed E-state index contributed by atoms with van der Waals surface area (Å²) in [4.78, 5) is 16.3. The first-order chi connectivity index (χ1) is 10.5. The molecule has 7 heteroatoms. The average molecular weight is 323 g/mol. The number of rotatable bonds is 6. The minimum absolute atomic E-state index is 0.305. The molecule has 5 nitrogen and oxygen atoms in total. The number of carbonyl (C=O) groups excluding carboxylic acids is 1. The smallest absolute Gasteiger partial charge is 0.271 e. The summed E-state index contributed by atoms with van der Waals surface area (Å²) < 4.78 is 12.9. The zero-order valence-electron chi connectivity index (χ0n) is 12.3. The number of thiazole rings is 1. The molecule has 0 unspecified atom stereocenters. The Morgan fingerprint density at radius 2 is 2.09 bits per heavy atom. The fourth-order valence-corrected chi connectivity index (χ4v) is 2.68. The van der Waals surface area contributed by atoms with Crippen LogP contribution in [0.5, 0.6) is 0 Å². The number of hydrogen-bond donors (Lipinski definition) is 3. The van der Waals surface area contributed by atoms with Crippen molar-refractivity contribution in [3.05, 3.63) is 46.7 Å². The summed E-state index contributed by atoms with van der Waals surface area (Å²) in [5, 5.41) is 18.3. The standard InChI is InChI=1S/C15H18FN3O2S/c1-3-17-15-19-12(8-22-15)14(21)18-9(2)13(20)10-4-6-11(16)7-5-10/h4-9,13,20H,3H2,1-2H3,(H,17,19)(H,18,21)/t9-,13-/m0/s1. The lowest BCUT2D eigenvalue weighted by Crippen LogP contribution is -2.37. The molecule has 0 saturated carbocycles. The highest BCUT2D eigenvalue weighted by molar-refractivity contribution is 7.13. The topological polar surface area (TPSA) is 74.2 Å². The van der Waals surface area contributed by atoms with Crippen LogP contribution in [-0.4, -0.2) is 28.6 Å². The SMILES string of the molecule is CCNc1nc(C(=O)N[C@@H](C)[C@H](O)c2ccc(F)cc2)cs1. The number of aromatic nitrogens is 1. The van der Waals surface area contributed by atoms with Gasteiger partial charge in [-0.1, -0.05) is 12.1 Å². The van der Waals surface area contributed by atoms with Gasteiger partial charge in [-0.05, 0) is 31.5 Å². The Morgan fingerprint density at radius 1 is 1.41 bits per heavy atom. The quantitative estimate of drug-likeness (QED) is 0.764. The van der Waals surface area contributed by atoms with Crippen molar-refractivity contribution in [2.75, 3.05) is 11.9 Å². The number of nitrogens with one attached hydrogen (secondary N) is 2. The summed E-state index contributed by atoms with van der Waals surface area (Å²) in [5.74, 6) is -0.722. The third-order valence-corrected chi connectivity index (χ3v) is 3.91. The second-order valence-electron chi connectivity index (χ2n) is 4.83. The number of aliphatic hydroxyl groups excluding tert-OH is 1. The van der Waals surface area contributed by atoms with E-state index in [1.54, 1.807) is 12.3 Å². The van der Waals surface area contributed by atoms with Crippen molar-refractivity contribution in [2.45, 2.75) is 26.0 Å². The number of carbonyl (C=O) groups is 1. The summed E-state index contributed by atoms with van der Waals surface area (Å²) in [6.07, 6.45) is -0.920. The maximum atomic E-state index is 12.9. The van der Waals surface area contributed by atoms with Gasteiger partial charge < -0.3 is 15.7 Å². The van der Waals surface area contributed by atoms with E-state index in [0.29, 0.717) is 16.4 Å². The van der Waals surface area contributed by atoms with E-state index in [1.807, 2.05) is 6.92 Å². The predicted molar refractivity (Wildman–Crippen MR) is 84.6 cm³/mol. The maximum absolute atomic E-state index is 12.9. The van der Waals surface area contributed by atoms with E-state index in [9.17, 15) is 14.3 Å². The Kier molecular flexibility index (Phi) is 5.46. The van der Waals surface area contributed by atoms with Gasteiger partial charge in [0.05, 0.1) is 12.1 Å². The molecule has 0 radical (unpaired) electrons. The normalized spacial score (nSPS) is 13.5. The third kappa shape index (κ3) is 4.02. The van der Waals surface area contributed by atoms with Crippen molar-refractivity contribution in [1.29, 1.82) is 0 Å². The monoisotopic (exact) mass is 323 g/mol. The van der Waals surface area contributed by atoms with E-state index in [0.717, 1.165) is 6.54 Å². The van der Waals surface area contributed by atoms with Crippen LogP contribution in [0.15, 0.2) is 29.6 Å². The van der Waals surface area contributed by atoms with Crippen LogP contribution in [0.1, 0.15) is 36.0 Å². The van der Waals surface area contributed by atoms with Gasteiger partial charge >= 0.3 is 0 Å². The zero-order chi connectivity index (χ0) is 16.1. The van der Waals surface area contributed by atoms with Crippen LogP contribution in [0, 0.1) is 5.82 Å². The molecule has 22 heavy (non-hydrogen) atoms. The maximum Gasteiger partial charge on any atom is 0.271 e. The van der Waals surface area contributed by atoms with E-state index in [1.165, 1.54) is 35.6 Å². The van der Waals surface area contributed by atoms with E-state index < -0.39 is 12.1 Å². The Morgan fingerprint density at radius 3 is 2.73 bits per heavy atom. The van der Waals surface area contributed by atoms with E-state index >= 15 is 0 Å². The molecule has 2 atom stereocenters. The van der Waals surface area contributed by atoms with Crippen LogP contribution >= 0.6 is 11.3 Å². The van der Waals surface area contributed by atoms with Crippen molar-refractivity contribution >= 4 is 22.4 Å². The van der Waals surface area contributed by atoms with Crippen LogP contribution in [0.25, 0.3) is 0 Å². The molecule has 0 spiro atoms. The molecule has 1 amide bonds. The minimum atomic E-state index is -0.920. The third-order valence-electron chi connectivity index (χ3n) is 3.11. The van der Waals surface area contributed by atoms with Gasteiger partial charge in [0.1, 0.15) is 11.5 Å². The van der Waals surface area contributed by atoms with Crippen molar-refractivity contribution in [3.63, 3.8) is 0 Å². The van der Waals surface area contributed by atoms with Gasteiger partial charge in [0, 0.05) is 11.9 Å². The highest BCUT2D eigenvalue weighted by Crippen LogP contribution is 2.19. The molecule has 3 N–H and O–H groups in total. The van der Waals surface area contributed by atoms with Gasteiger partial charge in [0.2, 0.25) is 0 Å². The van der Waals surface area contributed by atoms with Gasteiger partial charge in [-0.15, -0.1) is 11.3 Å². The summed E-state index contributed by atoms with van der Waals surface area (Å²) in [7, 11) is 0. The fraction of sp³-hybridized carbons (Fsp3) is 0.333. The number of amides is 1. The predicted octanol–water partition coefficient (Wildman–Crippen LogP) is 2.57. The number of halogens is 1. The van der Waals surface area contributed by atoms with Gasteiger partial charge in [-0.2, -0.15) is 0 Å². The van der Waals surface area contributed by atoms with Gasteiger partial charge in [-0.3, -0.25) is 4.79 Å². The molecule has 0 aliphatic rings. The number of nitrogens with zero attached hydrogens (tertiary/aromatic N) is 1. The van der Waals surface area contributed by atoms with Crippen molar-refractivity contribution in [3.8, 4) is 0 Å². The van der Waals surface area contributed by atoms with Crippen LogP contribution in [0.2, 0.25) is 0 Å². The largest absolute Gasteiger partial charge is 0.386 e. The number of anilines is 1. The van der Waals surface area contributed by atoms with Crippen LogP contribution < -0.4 is 10.6 Å². The molecular formula is C15H18FN3O2S. The second kappa shape index (κ2) is 7.33. The fourth-order valence-electron chi connectivity index (χ4n) is 1.92. The average Bonchev–Trinajstić information content (AvgIpc) is 2.96. The lowest BCUT2D eigenvalue weighted by Gasteiger charge is -2.20. The summed E-state index contributed by atoms with van der Waals surface area (Å²) in [6.45, 7) is 4.36. The minimum Gasteiger partial charge on any atom is -0.386 e. The Balaban J connectivity index is 1.99. The van der Waals surface area contributed by atoms with E-state index in [2.05, 4.69) is 15.6 Å². The lowest BCUT2D eigenvalue weighted by molar-refractivity contribution is 0.0848. The molecule has 0 aliphatic carbocycles. The van der Waals surface area contributed by atoms with Crippen LogP contribution in [-0.2, 0) is 0 Å². The summed E-state index contributed by atoms with van der Waals surface area (Å²) in [5.41, 5.74) is 0.847. The van der Waals surface area contributed by atoms with Crippen molar-refractivity contribution in [1.82, 2.24) is 10.3 Å². The van der Waals surface area contributed by atoms with E-state index in [4.69, 9.17) is 0 Å². The van der Waals surface area contributed by atoms with Crippen molar-refractivity contribution < 1.29 is 14.3 Å². The van der Waals surface area contributed by atoms with E-state index in [-0.39, 0.29) is 11.7 Å². The Labute approximate surface area is 132 Å². The Bertz CT molecular complexity index is 630. The number of aliphatic hydroxyl groups is 1. The molecule has 0 bridgehead atoms. The summed E-state index contributed by atoms with van der Waals surface area (Å²) >= 11 is 1.35. The van der Waals surface area contributed by atoms with Crippen LogP contribution in [0.3, 0.4) is 0 Å². The molecule has 0 aliphatic heterocycles. The first kappa shape index (κ1) is 16.4. The Hall–Kier alpha value is -1.99. The first-order valence-electron chi connectivity index (χ1n) is 6.95. The van der Waals surface area contributed by atoms with Crippen LogP contribution in [0.4, 0.5) is 9.52 Å². The second-order valence-corrected chi connectivity index (χ2v) is 5.68. The highest BCUT2D eigenvalue weighted by Gasteiger charge is 2.20. The molecule has 1 aromatic carbocycles. The molecular weight excluding hydrogens is 305 g/mol. The number of benzene rings is 1. The van der Waals surface area contributed by atoms with Crippen molar-refractivity contribution in [2.24, 2.45) is 0 Å². The van der Waals surface area contributed by atoms with Gasteiger partial charge in [0.25, 0.3) is 5.91 Å². The van der Waals surface area contributed by atoms with Gasteiger partial charge in [-0.25, -0.2) is 9.37 Å². The molecule has 1 heterocycles. The highest BCUT2D eigenvalue weighted by atomic mass is 32.1. The molecule has 0 saturated heterocycles. The lowest BCUT2D eigenvalue weighted by atomic mass is 10.0. The molecule has 1 aromatic heterocycles. The zero-order valence-corrected chi connectivity index (χ0v) is 13.2. The summed E-state index contributed by atoms with van der Waals surface area (Å²) in [6, 6.07) is 5.01. The number of hydrogen-bond acceptors (Lipinski definition) is 5. The van der Waals surface area contributed by atoms with Gasteiger partial charge in [0.15, 0.2) is 5.13 Å². The molecule has 2 aromatic rings. The molecule has 0 fully saturated rings.